The molecular formula is C34H30BNO4. The number of carbonyl (C=O) groups excluding carboxylic acids is 1. The van der Waals surface area contributed by atoms with Crippen LogP contribution in [0.5, 0.6) is 11.5 Å². The molecule has 198 valence electrons. The van der Waals surface area contributed by atoms with Gasteiger partial charge in [-0.25, -0.2) is 0 Å². The first-order valence-electron chi connectivity index (χ1n) is 13.7. The SMILES string of the molecule is COC(=O)[C@H](C)CCCN=Cc1ccccc1B1Oc2ccc3ccccc3c2-c2c(ccc3ccccc23)O1. The zero-order valence-corrected chi connectivity index (χ0v) is 22.7. The predicted molar refractivity (Wildman–Crippen MR) is 163 cm³/mol. The summed E-state index contributed by atoms with van der Waals surface area (Å²) in [6.07, 6.45) is 3.40. The third kappa shape index (κ3) is 4.93. The van der Waals surface area contributed by atoms with E-state index in [0.717, 1.165) is 68.0 Å². The van der Waals surface area contributed by atoms with Gasteiger partial charge >= 0.3 is 13.1 Å². The summed E-state index contributed by atoms with van der Waals surface area (Å²) in [4.78, 5) is 16.3. The molecule has 6 rings (SSSR count). The second kappa shape index (κ2) is 11.3. The number of carbonyl (C=O) groups is 1. The van der Waals surface area contributed by atoms with Gasteiger partial charge in [0, 0.05) is 29.3 Å². The van der Waals surface area contributed by atoms with E-state index in [2.05, 4.69) is 65.7 Å². The van der Waals surface area contributed by atoms with Gasteiger partial charge in [-0.15, -0.1) is 0 Å². The summed E-state index contributed by atoms with van der Waals surface area (Å²) in [6, 6.07) is 33.1. The topological polar surface area (TPSA) is 57.1 Å². The van der Waals surface area contributed by atoms with Gasteiger partial charge in [-0.3, -0.25) is 9.79 Å². The van der Waals surface area contributed by atoms with Crippen molar-refractivity contribution in [3.8, 4) is 22.6 Å². The van der Waals surface area contributed by atoms with Crippen LogP contribution < -0.4 is 14.8 Å². The lowest BCUT2D eigenvalue weighted by Crippen LogP contribution is -2.44. The van der Waals surface area contributed by atoms with Crippen LogP contribution >= 0.6 is 0 Å². The normalized spacial score (nSPS) is 13.3. The van der Waals surface area contributed by atoms with Gasteiger partial charge < -0.3 is 14.0 Å². The quantitative estimate of drug-likeness (QED) is 0.101. The summed E-state index contributed by atoms with van der Waals surface area (Å²) in [6.45, 7) is 2.50. The Morgan fingerprint density at radius 3 is 2.02 bits per heavy atom. The van der Waals surface area contributed by atoms with Crippen LogP contribution in [0.1, 0.15) is 25.3 Å². The Labute approximate surface area is 234 Å². The van der Waals surface area contributed by atoms with Crippen molar-refractivity contribution < 1.29 is 18.8 Å². The maximum atomic E-state index is 11.7. The van der Waals surface area contributed by atoms with Gasteiger partial charge in [0.05, 0.1) is 13.0 Å². The molecule has 0 unspecified atom stereocenters. The standard InChI is InChI=1S/C34H30BNO4/c1-23(34(37)38-2)10-9-21-36-22-26-13-5-8-16-29(26)35-39-30-19-17-24-11-3-6-14-27(24)32(30)33-28-15-7-4-12-25(28)18-20-31(33)40-35/h3-8,11-20,22-23H,9-10,21H2,1-2H3/t23-/m1/s1. The van der Waals surface area contributed by atoms with Gasteiger partial charge in [-0.2, -0.15) is 0 Å². The van der Waals surface area contributed by atoms with E-state index in [4.69, 9.17) is 14.0 Å². The smallest absolute Gasteiger partial charge is 0.521 e. The molecule has 5 nitrogen and oxygen atoms in total. The van der Waals surface area contributed by atoms with Gasteiger partial charge in [0.2, 0.25) is 0 Å². The maximum Gasteiger partial charge on any atom is 0.633 e. The van der Waals surface area contributed by atoms with Crippen molar-refractivity contribution >= 4 is 46.3 Å². The highest BCUT2D eigenvalue weighted by Gasteiger charge is 2.34. The molecule has 1 heterocycles. The molecular weight excluding hydrogens is 497 g/mol. The first kappa shape index (κ1) is 25.7. The number of benzene rings is 5. The van der Waals surface area contributed by atoms with Crippen molar-refractivity contribution in [3.63, 3.8) is 0 Å². The molecule has 0 spiro atoms. The molecule has 0 bridgehead atoms. The Morgan fingerprint density at radius 1 is 0.825 bits per heavy atom. The second-order valence-electron chi connectivity index (χ2n) is 10.1. The van der Waals surface area contributed by atoms with Crippen LogP contribution in [-0.4, -0.2) is 33.0 Å². The third-order valence-corrected chi connectivity index (χ3v) is 7.51. The van der Waals surface area contributed by atoms with Crippen molar-refractivity contribution in [1.29, 1.82) is 0 Å². The minimum absolute atomic E-state index is 0.132. The molecule has 6 heteroatoms. The minimum atomic E-state index is -0.663. The van der Waals surface area contributed by atoms with Crippen molar-refractivity contribution in [3.05, 3.63) is 103 Å². The summed E-state index contributed by atoms with van der Waals surface area (Å²) >= 11 is 0. The lowest BCUT2D eigenvalue weighted by atomic mass is 9.75. The number of ether oxygens (including phenoxy) is 1. The second-order valence-corrected chi connectivity index (χ2v) is 10.1. The molecule has 0 fully saturated rings. The highest BCUT2D eigenvalue weighted by Crippen LogP contribution is 2.47. The van der Waals surface area contributed by atoms with Crippen LogP contribution in [-0.2, 0) is 9.53 Å². The van der Waals surface area contributed by atoms with Crippen molar-refractivity contribution in [2.24, 2.45) is 10.9 Å². The van der Waals surface area contributed by atoms with Gasteiger partial charge in [0.15, 0.2) is 0 Å². The Morgan fingerprint density at radius 2 is 1.40 bits per heavy atom. The fourth-order valence-electron chi connectivity index (χ4n) is 5.41. The average molecular weight is 527 g/mol. The first-order valence-corrected chi connectivity index (χ1v) is 13.7. The zero-order valence-electron chi connectivity index (χ0n) is 22.7. The third-order valence-electron chi connectivity index (χ3n) is 7.51. The van der Waals surface area contributed by atoms with Crippen LogP contribution in [0.25, 0.3) is 32.7 Å². The summed E-state index contributed by atoms with van der Waals surface area (Å²) in [5.74, 6) is 1.25. The van der Waals surface area contributed by atoms with Gasteiger partial charge in [-0.1, -0.05) is 91.9 Å². The number of methoxy groups -OCH3 is 1. The van der Waals surface area contributed by atoms with E-state index in [0.29, 0.717) is 6.54 Å². The first-order chi connectivity index (χ1) is 19.6. The van der Waals surface area contributed by atoms with E-state index in [1.807, 2.05) is 49.5 Å². The molecule has 0 aromatic heterocycles. The molecule has 0 aliphatic carbocycles. The van der Waals surface area contributed by atoms with Crippen LogP contribution in [0.3, 0.4) is 0 Å². The molecule has 0 N–H and O–H groups in total. The number of rotatable bonds is 7. The van der Waals surface area contributed by atoms with E-state index >= 15 is 0 Å². The monoisotopic (exact) mass is 527 g/mol. The number of esters is 1. The Balaban J connectivity index is 1.38. The number of hydrogen-bond acceptors (Lipinski definition) is 5. The summed E-state index contributed by atoms with van der Waals surface area (Å²) < 4.78 is 18.2. The Kier molecular flexibility index (Phi) is 7.24. The lowest BCUT2D eigenvalue weighted by molar-refractivity contribution is -0.145. The molecule has 0 saturated heterocycles. The van der Waals surface area contributed by atoms with E-state index < -0.39 is 7.12 Å². The van der Waals surface area contributed by atoms with Crippen molar-refractivity contribution in [2.75, 3.05) is 13.7 Å². The number of nitrogens with zero attached hydrogens (tertiary/aromatic N) is 1. The zero-order chi connectivity index (χ0) is 27.5. The summed E-state index contributed by atoms with van der Waals surface area (Å²) in [5.41, 5.74) is 3.91. The molecule has 0 amide bonds. The molecule has 5 aromatic carbocycles. The van der Waals surface area contributed by atoms with Gasteiger partial charge in [0.25, 0.3) is 0 Å². The van der Waals surface area contributed by atoms with Crippen molar-refractivity contribution in [1.82, 2.24) is 0 Å². The molecule has 40 heavy (non-hydrogen) atoms. The average Bonchev–Trinajstić information content (AvgIpc) is 3.18. The predicted octanol–water partition coefficient (Wildman–Crippen LogP) is 6.83. The fourth-order valence-corrected chi connectivity index (χ4v) is 5.41. The molecule has 1 aliphatic heterocycles. The van der Waals surface area contributed by atoms with E-state index in [9.17, 15) is 4.79 Å². The molecule has 1 aliphatic rings. The fraction of sp³-hybridized carbons (Fsp3) is 0.176. The Bertz CT molecular complexity index is 1640. The van der Waals surface area contributed by atoms with Crippen molar-refractivity contribution in [2.45, 2.75) is 19.8 Å². The number of aliphatic imine (C=N–C) groups is 1. The molecule has 0 saturated carbocycles. The molecule has 5 aromatic rings. The van der Waals surface area contributed by atoms with Crippen LogP contribution in [0.15, 0.2) is 102 Å². The maximum absolute atomic E-state index is 11.7. The molecule has 0 radical (unpaired) electrons. The summed E-state index contributed by atoms with van der Waals surface area (Å²) in [5, 5.41) is 4.54. The minimum Gasteiger partial charge on any atom is -0.521 e. The van der Waals surface area contributed by atoms with Crippen LogP contribution in [0.2, 0.25) is 0 Å². The van der Waals surface area contributed by atoms with E-state index in [1.165, 1.54) is 7.11 Å². The summed E-state index contributed by atoms with van der Waals surface area (Å²) in [7, 11) is 0.761. The number of hydrogen-bond donors (Lipinski definition) is 0. The molecule has 1 atom stereocenters. The van der Waals surface area contributed by atoms with Gasteiger partial charge in [0.1, 0.15) is 11.5 Å². The highest BCUT2D eigenvalue weighted by molar-refractivity contribution is 6.64. The van der Waals surface area contributed by atoms with Crippen LogP contribution in [0.4, 0.5) is 0 Å². The highest BCUT2D eigenvalue weighted by atomic mass is 16.6. The number of fused-ring (bicyclic) bond motifs is 7. The van der Waals surface area contributed by atoms with E-state index in [1.54, 1.807) is 0 Å². The Hall–Kier alpha value is -4.58. The van der Waals surface area contributed by atoms with Crippen LogP contribution in [0, 0.1) is 5.92 Å². The lowest BCUT2D eigenvalue weighted by Gasteiger charge is -2.16. The van der Waals surface area contributed by atoms with Gasteiger partial charge in [-0.05, 0) is 52.1 Å². The largest absolute Gasteiger partial charge is 0.633 e. The van der Waals surface area contributed by atoms with E-state index in [-0.39, 0.29) is 11.9 Å².